The van der Waals surface area contributed by atoms with E-state index in [2.05, 4.69) is 55.1 Å². The van der Waals surface area contributed by atoms with Crippen LogP contribution in [0.3, 0.4) is 0 Å². The molecule has 0 saturated heterocycles. The largest absolute Gasteiger partial charge is 0.382 e. The van der Waals surface area contributed by atoms with Gasteiger partial charge in [-0.05, 0) is 34.9 Å². The van der Waals surface area contributed by atoms with E-state index in [1.165, 1.54) is 0 Å². The highest BCUT2D eigenvalue weighted by Crippen LogP contribution is 2.30. The predicted octanol–water partition coefficient (Wildman–Crippen LogP) is 1.88. The van der Waals surface area contributed by atoms with Crippen LogP contribution < -0.4 is 22.1 Å². The molecule has 0 fully saturated rings. The molecule has 10 heteroatoms. The lowest BCUT2D eigenvalue weighted by molar-refractivity contribution is 0.433. The minimum Gasteiger partial charge on any atom is -0.382 e. The molecule has 24 heavy (non-hydrogen) atoms. The fourth-order valence-electron chi connectivity index (χ4n) is 2.36. The van der Waals surface area contributed by atoms with E-state index in [1.54, 1.807) is 19.3 Å². The quantitative estimate of drug-likeness (QED) is 0.665. The van der Waals surface area contributed by atoms with E-state index in [0.29, 0.717) is 17.2 Å². The summed E-state index contributed by atoms with van der Waals surface area (Å²) in [5.74, 6) is -0.326. The normalized spacial score (nSPS) is 23.2. The van der Waals surface area contributed by atoms with Crippen molar-refractivity contribution in [2.45, 2.75) is 38.6 Å². The lowest BCUT2D eigenvalue weighted by Gasteiger charge is -2.27. The molecule has 6 N–H and O–H groups in total. The molecule has 3 heterocycles. The van der Waals surface area contributed by atoms with Gasteiger partial charge in [-0.2, -0.15) is 0 Å². The molecule has 3 rings (SSSR count). The molecule has 0 spiro atoms. The van der Waals surface area contributed by atoms with Gasteiger partial charge < -0.3 is 16.4 Å². The molecule has 1 atom stereocenters. The third-order valence-corrected chi connectivity index (χ3v) is 3.61. The van der Waals surface area contributed by atoms with Crippen molar-refractivity contribution < 1.29 is 0 Å². The highest BCUT2D eigenvalue weighted by Gasteiger charge is 2.23. The number of nitrogens with one attached hydrogen (secondary N) is 2. The number of amidine groups is 1. The summed E-state index contributed by atoms with van der Waals surface area (Å²) in [4.78, 5) is 8.63. The molecule has 10 nitrogen and oxygen atoms in total. The molecule has 0 bridgehead atoms. The zero-order chi connectivity index (χ0) is 17.3. The van der Waals surface area contributed by atoms with Gasteiger partial charge in [0.1, 0.15) is 5.84 Å². The van der Waals surface area contributed by atoms with E-state index >= 15 is 0 Å². The predicted molar refractivity (Wildman–Crippen MR) is 89.8 cm³/mol. The van der Waals surface area contributed by atoms with Crippen molar-refractivity contribution in [1.82, 2.24) is 10.3 Å². The summed E-state index contributed by atoms with van der Waals surface area (Å²) >= 11 is 0. The van der Waals surface area contributed by atoms with E-state index in [4.69, 9.17) is 11.5 Å². The minimum absolute atomic E-state index is 0.260. The topological polar surface area (TPSA) is 151 Å². The first-order valence-electron chi connectivity index (χ1n) is 7.55. The Morgan fingerprint density at radius 1 is 1.29 bits per heavy atom. The van der Waals surface area contributed by atoms with E-state index in [1.807, 2.05) is 6.07 Å². The van der Waals surface area contributed by atoms with Gasteiger partial charge in [-0.1, -0.05) is 13.8 Å². The molecule has 0 radical (unpaired) electrons. The average Bonchev–Trinajstić information content (AvgIpc) is 3.03. The van der Waals surface area contributed by atoms with E-state index in [-0.39, 0.29) is 5.92 Å². The van der Waals surface area contributed by atoms with Crippen LogP contribution in [0.2, 0.25) is 0 Å². The van der Waals surface area contributed by atoms with Gasteiger partial charge in [-0.15, -0.1) is 10.2 Å². The van der Waals surface area contributed by atoms with E-state index in [0.717, 1.165) is 11.3 Å². The monoisotopic (exact) mass is 328 g/mol. The zero-order valence-electron chi connectivity index (χ0n) is 13.7. The van der Waals surface area contributed by atoms with Crippen LogP contribution in [0, 0.1) is 0 Å². The van der Waals surface area contributed by atoms with Crippen molar-refractivity contribution in [3.8, 4) is 0 Å². The number of rotatable bonds is 4. The maximum atomic E-state index is 6.01. The van der Waals surface area contributed by atoms with Crippen molar-refractivity contribution in [3.63, 3.8) is 0 Å². The molecular weight excluding hydrogens is 308 g/mol. The Hall–Kier alpha value is -2.88. The van der Waals surface area contributed by atoms with Gasteiger partial charge >= 0.3 is 0 Å². The molecule has 0 aromatic carbocycles. The van der Waals surface area contributed by atoms with Crippen molar-refractivity contribution in [2.75, 3.05) is 5.32 Å². The number of pyridine rings is 1. The smallest absolute Gasteiger partial charge is 0.227 e. The summed E-state index contributed by atoms with van der Waals surface area (Å²) in [5.41, 5.74) is 15.1. The van der Waals surface area contributed by atoms with Crippen LogP contribution in [0.1, 0.15) is 44.1 Å². The number of nitrogens with zero attached hydrogens (tertiary/aromatic N) is 6. The first-order chi connectivity index (χ1) is 11.4. The van der Waals surface area contributed by atoms with Crippen molar-refractivity contribution in [1.29, 1.82) is 0 Å². The third kappa shape index (κ3) is 3.23. The lowest BCUT2D eigenvalue weighted by Crippen LogP contribution is -2.51. The summed E-state index contributed by atoms with van der Waals surface area (Å²) in [6.45, 7) is 5.89. The highest BCUT2D eigenvalue weighted by molar-refractivity contribution is 6.00. The maximum Gasteiger partial charge on any atom is 0.227 e. The van der Waals surface area contributed by atoms with Gasteiger partial charge in [0.15, 0.2) is 5.79 Å². The molecule has 126 valence electrons. The summed E-state index contributed by atoms with van der Waals surface area (Å²) in [7, 11) is 0. The molecular formula is C14H20N10. The minimum atomic E-state index is -0.913. The van der Waals surface area contributed by atoms with Gasteiger partial charge in [-0.3, -0.25) is 10.7 Å². The van der Waals surface area contributed by atoms with Gasteiger partial charge in [0.2, 0.25) is 6.17 Å². The fraction of sp³-hybridized carbons (Fsp3) is 0.429. The fourth-order valence-corrected chi connectivity index (χ4v) is 2.36. The highest BCUT2D eigenvalue weighted by atomic mass is 15.6. The standard InChI is InChI=1S/C14H20N10/c1-7(2)8-5-17-10(13-21-23-24-22-13)4-9(8)19-11-6-18-14(3,16)20-12(11)15/h4-7,13,18H,16H2,1-3H3,(H2,15,20)(H,17,19). The van der Waals surface area contributed by atoms with E-state index in [9.17, 15) is 0 Å². The van der Waals surface area contributed by atoms with Crippen LogP contribution in [0.15, 0.2) is 49.8 Å². The molecule has 2 aliphatic rings. The van der Waals surface area contributed by atoms with E-state index < -0.39 is 12.0 Å². The first kappa shape index (κ1) is 16.0. The number of hydrogen-bond donors (Lipinski definition) is 4. The molecule has 2 aliphatic heterocycles. The first-order valence-corrected chi connectivity index (χ1v) is 7.55. The van der Waals surface area contributed by atoms with Crippen molar-refractivity contribution >= 4 is 11.5 Å². The third-order valence-electron chi connectivity index (χ3n) is 3.61. The van der Waals surface area contributed by atoms with Crippen LogP contribution in [0.4, 0.5) is 5.69 Å². The van der Waals surface area contributed by atoms with Crippen LogP contribution >= 0.6 is 0 Å². The Morgan fingerprint density at radius 2 is 2.00 bits per heavy atom. The second-order valence-electron chi connectivity index (χ2n) is 6.11. The Bertz CT molecular complexity index is 747. The number of nitrogens with two attached hydrogens (primary N) is 2. The van der Waals surface area contributed by atoms with Gasteiger partial charge in [-0.25, -0.2) is 4.99 Å². The van der Waals surface area contributed by atoms with Crippen LogP contribution in [-0.2, 0) is 0 Å². The van der Waals surface area contributed by atoms with Gasteiger partial charge in [0, 0.05) is 18.1 Å². The van der Waals surface area contributed by atoms with Crippen LogP contribution in [0.5, 0.6) is 0 Å². The molecule has 0 aliphatic carbocycles. The molecule has 0 saturated carbocycles. The zero-order valence-corrected chi connectivity index (χ0v) is 13.7. The Labute approximate surface area is 139 Å². The summed E-state index contributed by atoms with van der Waals surface area (Å²) in [6, 6.07) is 1.87. The van der Waals surface area contributed by atoms with Crippen LogP contribution in [0.25, 0.3) is 0 Å². The second-order valence-corrected chi connectivity index (χ2v) is 6.11. The van der Waals surface area contributed by atoms with Gasteiger partial charge in [0.05, 0.1) is 11.4 Å². The Kier molecular flexibility index (Phi) is 3.97. The molecule has 0 amide bonds. The number of aliphatic imine (C=N–C) groups is 1. The van der Waals surface area contributed by atoms with Gasteiger partial charge in [0.25, 0.3) is 0 Å². The lowest BCUT2D eigenvalue weighted by atomic mass is 10.0. The van der Waals surface area contributed by atoms with Crippen LogP contribution in [-0.4, -0.2) is 16.6 Å². The van der Waals surface area contributed by atoms with Crippen molar-refractivity contribution in [2.24, 2.45) is 37.1 Å². The molecule has 1 aromatic heterocycles. The second kappa shape index (κ2) is 5.96. The Balaban J connectivity index is 1.92. The maximum absolute atomic E-state index is 6.01. The summed E-state index contributed by atoms with van der Waals surface area (Å²) < 4.78 is 0. The summed E-state index contributed by atoms with van der Waals surface area (Å²) in [5, 5.41) is 21.1. The average molecular weight is 328 g/mol. The Morgan fingerprint density at radius 3 is 2.62 bits per heavy atom. The summed E-state index contributed by atoms with van der Waals surface area (Å²) in [6.07, 6.45) is 2.99. The molecule has 1 aromatic rings. The number of anilines is 1. The molecule has 1 unspecified atom stereocenters. The van der Waals surface area contributed by atoms with Crippen molar-refractivity contribution in [3.05, 3.63) is 35.4 Å². The number of aromatic nitrogens is 1. The number of hydrogen-bond acceptors (Lipinski definition) is 10. The SMILES string of the molecule is CC(C)c1cnc(C2N=NN=N2)cc1NC1=CNC(C)(N)N=C1N.